The van der Waals surface area contributed by atoms with E-state index in [9.17, 15) is 0 Å². The maximum Gasteiger partial charge on any atom is 0.186 e. The van der Waals surface area contributed by atoms with Crippen molar-refractivity contribution in [2.45, 2.75) is 47.0 Å². The molecule has 0 amide bonds. The molecule has 1 N–H and O–H groups in total. The molecular weight excluding hydrogens is 525 g/mol. The molecule has 1 aromatic carbocycles. The first kappa shape index (κ1) is 34.5. The number of benzene rings is 1. The zero-order valence-electron chi connectivity index (χ0n) is 24.7. The predicted octanol–water partition coefficient (Wildman–Crippen LogP) is 7.27. The highest BCUT2D eigenvalue weighted by Crippen LogP contribution is 2.38. The molecule has 0 atom stereocenters. The van der Waals surface area contributed by atoms with Crippen LogP contribution in [0.1, 0.15) is 57.7 Å². The van der Waals surface area contributed by atoms with E-state index in [1.165, 1.54) is 0 Å². The third-order valence-electron chi connectivity index (χ3n) is 5.32. The number of aliphatic hydroxyl groups is 1. The molecule has 3 rings (SSSR count). The fourth-order valence-electron chi connectivity index (χ4n) is 3.69. The normalized spacial score (nSPS) is 14.6. The number of allylic oxidation sites excluding steroid dienone is 4. The molecule has 214 valence electrons. The number of ether oxygens (including phenoxy) is 1. The average molecular weight is 571 g/mol. The van der Waals surface area contributed by atoms with Crippen molar-refractivity contribution in [2.24, 2.45) is 9.98 Å². The summed E-state index contributed by atoms with van der Waals surface area (Å²) in [5.41, 5.74) is 4.86. The highest BCUT2D eigenvalue weighted by molar-refractivity contribution is 8.16. The number of nitrogens with zero attached hydrogens (tertiary/aromatic N) is 4. The van der Waals surface area contributed by atoms with Crippen LogP contribution in [0.3, 0.4) is 0 Å². The summed E-state index contributed by atoms with van der Waals surface area (Å²) in [6.45, 7) is 19.7. The minimum atomic E-state index is -0.189. The van der Waals surface area contributed by atoms with Gasteiger partial charge in [0.2, 0.25) is 0 Å². The molecule has 1 aliphatic heterocycles. The standard InChI is InChI=1S/C26H34N4OS2.C3H6.C2H6O/c1-6-13-26(3,4)24-22(33-25(29-24)30-14-16-31-17-15-30)18-21(32-19-28-7-2)23(27-5)20-11-9-8-10-12-20;1-3-2;1-2-3/h6,8-13,18-19H,7,14-17H2,1-5H3;3H,1H2,2H3;3H,2H2,1H3/b13-6-,21-18-,27-23?,28-19?;;. The second-order valence-electron chi connectivity index (χ2n) is 8.92. The number of aromatic nitrogens is 1. The molecule has 2 heterocycles. The van der Waals surface area contributed by atoms with Crippen molar-refractivity contribution in [3.63, 3.8) is 0 Å². The summed E-state index contributed by atoms with van der Waals surface area (Å²) in [6.07, 6.45) is 8.32. The first-order valence-corrected chi connectivity index (χ1v) is 15.1. The Morgan fingerprint density at radius 3 is 2.36 bits per heavy atom. The van der Waals surface area contributed by atoms with Gasteiger partial charge in [-0.25, -0.2) is 4.98 Å². The van der Waals surface area contributed by atoms with Crippen molar-refractivity contribution in [2.75, 3.05) is 51.4 Å². The maximum atomic E-state index is 7.57. The number of rotatable bonds is 9. The Morgan fingerprint density at radius 2 is 1.82 bits per heavy atom. The van der Waals surface area contributed by atoms with Gasteiger partial charge in [-0.3, -0.25) is 9.98 Å². The number of thioether (sulfide) groups is 1. The van der Waals surface area contributed by atoms with Crippen LogP contribution in [0.4, 0.5) is 5.13 Å². The lowest BCUT2D eigenvalue weighted by Gasteiger charge is -2.26. The molecule has 39 heavy (non-hydrogen) atoms. The lowest BCUT2D eigenvalue weighted by atomic mass is 9.88. The zero-order chi connectivity index (χ0) is 29.1. The molecule has 1 aromatic heterocycles. The highest BCUT2D eigenvalue weighted by atomic mass is 32.2. The van der Waals surface area contributed by atoms with E-state index < -0.39 is 0 Å². The van der Waals surface area contributed by atoms with Gasteiger partial charge in [0.1, 0.15) is 0 Å². The lowest BCUT2D eigenvalue weighted by molar-refractivity contribution is 0.122. The molecule has 1 fully saturated rings. The predicted molar refractivity (Wildman–Crippen MR) is 175 cm³/mol. The molecule has 0 unspecified atom stereocenters. The fraction of sp³-hybridized carbons (Fsp3) is 0.452. The second kappa shape index (κ2) is 19.5. The third-order valence-corrected chi connectivity index (χ3v) is 7.20. The zero-order valence-corrected chi connectivity index (χ0v) is 26.3. The van der Waals surface area contributed by atoms with E-state index in [1.54, 1.807) is 36.1 Å². The Bertz CT molecular complexity index is 1080. The van der Waals surface area contributed by atoms with E-state index in [2.05, 4.69) is 72.6 Å². The van der Waals surface area contributed by atoms with Crippen LogP contribution in [-0.2, 0) is 10.2 Å². The van der Waals surface area contributed by atoms with Gasteiger partial charge in [0, 0.05) is 49.2 Å². The molecule has 0 bridgehead atoms. The molecule has 1 aliphatic rings. The van der Waals surface area contributed by atoms with Gasteiger partial charge >= 0.3 is 0 Å². The van der Waals surface area contributed by atoms with Gasteiger partial charge in [0.05, 0.1) is 35.0 Å². The number of morpholine rings is 1. The summed E-state index contributed by atoms with van der Waals surface area (Å²) in [5, 5.41) is 8.62. The summed E-state index contributed by atoms with van der Waals surface area (Å²) in [4.78, 5) is 18.8. The Balaban J connectivity index is 0.00000116. The van der Waals surface area contributed by atoms with E-state index in [0.717, 1.165) is 64.7 Å². The van der Waals surface area contributed by atoms with Crippen LogP contribution in [0.5, 0.6) is 0 Å². The maximum absolute atomic E-state index is 7.57. The molecule has 6 nitrogen and oxygen atoms in total. The first-order valence-electron chi connectivity index (χ1n) is 13.4. The Kier molecular flexibility index (Phi) is 17.3. The monoisotopic (exact) mass is 570 g/mol. The molecule has 1 saturated heterocycles. The number of anilines is 1. The number of hydrogen-bond acceptors (Lipinski definition) is 8. The number of thiazole rings is 1. The number of aliphatic hydroxyl groups excluding tert-OH is 1. The largest absolute Gasteiger partial charge is 0.397 e. The van der Waals surface area contributed by atoms with Gasteiger partial charge in [-0.05, 0) is 33.8 Å². The Hall–Kier alpha value is -2.52. The molecule has 0 aliphatic carbocycles. The topological polar surface area (TPSA) is 70.3 Å². The minimum absolute atomic E-state index is 0.189. The van der Waals surface area contributed by atoms with Crippen molar-refractivity contribution < 1.29 is 9.84 Å². The molecule has 8 heteroatoms. The summed E-state index contributed by atoms with van der Waals surface area (Å²) in [5.74, 6) is 0. The number of hydrogen-bond donors (Lipinski definition) is 1. The Labute approximate surface area is 244 Å². The molecule has 0 saturated carbocycles. The average Bonchev–Trinajstić information content (AvgIpc) is 3.36. The SMILES string of the molecule is C/C=C\C(C)(C)c1nc(N2CCOCC2)sc1/C=C(\SC=NCC)C(=NC)c1ccccc1.C=CC.CCO. The molecule has 0 spiro atoms. The quantitative estimate of drug-likeness (QED) is 0.195. The van der Waals surface area contributed by atoms with Crippen LogP contribution in [0.25, 0.3) is 6.08 Å². The first-order chi connectivity index (χ1) is 18.8. The van der Waals surface area contributed by atoms with Gasteiger partial charge in [0.25, 0.3) is 0 Å². The van der Waals surface area contributed by atoms with Gasteiger partial charge in [-0.2, -0.15) is 0 Å². The van der Waals surface area contributed by atoms with E-state index in [0.29, 0.717) is 0 Å². The van der Waals surface area contributed by atoms with Crippen LogP contribution in [-0.4, -0.2) is 67.9 Å². The second-order valence-corrected chi connectivity index (χ2v) is 10.8. The van der Waals surface area contributed by atoms with Crippen LogP contribution < -0.4 is 4.90 Å². The van der Waals surface area contributed by atoms with Crippen molar-refractivity contribution in [1.29, 1.82) is 0 Å². The van der Waals surface area contributed by atoms with Crippen LogP contribution in [0.2, 0.25) is 0 Å². The van der Waals surface area contributed by atoms with E-state index in [1.807, 2.05) is 44.6 Å². The third kappa shape index (κ3) is 11.6. The van der Waals surface area contributed by atoms with E-state index >= 15 is 0 Å². The molecular formula is C31H46N4O2S2. The Morgan fingerprint density at radius 1 is 1.21 bits per heavy atom. The van der Waals surface area contributed by atoms with Crippen molar-refractivity contribution >= 4 is 45.6 Å². The molecule has 2 aromatic rings. The van der Waals surface area contributed by atoms with Gasteiger partial charge < -0.3 is 14.7 Å². The smallest absolute Gasteiger partial charge is 0.186 e. The van der Waals surface area contributed by atoms with Crippen molar-refractivity contribution in [1.82, 2.24) is 4.98 Å². The number of aliphatic imine (C=N–C) groups is 2. The highest BCUT2D eigenvalue weighted by Gasteiger charge is 2.27. The summed E-state index contributed by atoms with van der Waals surface area (Å²) in [7, 11) is 1.85. The minimum Gasteiger partial charge on any atom is -0.397 e. The van der Waals surface area contributed by atoms with Crippen molar-refractivity contribution in [3.05, 3.63) is 76.2 Å². The summed E-state index contributed by atoms with van der Waals surface area (Å²) in [6, 6.07) is 10.3. The lowest BCUT2D eigenvalue weighted by Crippen LogP contribution is -2.36. The van der Waals surface area contributed by atoms with Crippen molar-refractivity contribution in [3.8, 4) is 0 Å². The fourth-order valence-corrected chi connectivity index (χ4v) is 5.83. The molecule has 0 radical (unpaired) electrons. The van der Waals surface area contributed by atoms with E-state index in [-0.39, 0.29) is 12.0 Å². The summed E-state index contributed by atoms with van der Waals surface area (Å²) >= 11 is 3.36. The van der Waals surface area contributed by atoms with E-state index in [4.69, 9.17) is 14.8 Å². The van der Waals surface area contributed by atoms with Crippen LogP contribution in [0.15, 0.2) is 70.0 Å². The summed E-state index contributed by atoms with van der Waals surface area (Å²) < 4.78 is 5.56. The van der Waals surface area contributed by atoms with Gasteiger partial charge in [-0.15, -0.1) is 6.58 Å². The van der Waals surface area contributed by atoms with Crippen LogP contribution in [0, 0.1) is 0 Å². The van der Waals surface area contributed by atoms with Gasteiger partial charge in [0.15, 0.2) is 5.13 Å². The van der Waals surface area contributed by atoms with Crippen LogP contribution >= 0.6 is 23.1 Å². The van der Waals surface area contributed by atoms with Gasteiger partial charge in [-0.1, -0.05) is 85.5 Å².